The van der Waals surface area contributed by atoms with E-state index >= 15 is 0 Å². The molecule has 2 heteroatoms. The lowest BCUT2D eigenvalue weighted by Crippen LogP contribution is -2.13. The lowest BCUT2D eigenvalue weighted by Gasteiger charge is -2.25. The molecule has 1 atom stereocenters. The van der Waals surface area contributed by atoms with Crippen molar-refractivity contribution < 1.29 is 4.74 Å². The summed E-state index contributed by atoms with van der Waals surface area (Å²) in [5.74, 6) is 1.75. The monoisotopic (exact) mass is 240 g/mol. The molecule has 0 N–H and O–H groups in total. The molecule has 0 saturated heterocycles. The smallest absolute Gasteiger partial charge is 0.122 e. The van der Waals surface area contributed by atoms with Crippen LogP contribution in [0.15, 0.2) is 22.7 Å². The fraction of sp³-hybridized carbons (Fsp3) is 0.455. The molecule has 13 heavy (non-hydrogen) atoms. The molecule has 1 aromatic rings. The second-order valence-corrected chi connectivity index (χ2v) is 4.34. The Hall–Kier alpha value is -0.500. The van der Waals surface area contributed by atoms with Gasteiger partial charge in [-0.25, -0.2) is 0 Å². The largest absolute Gasteiger partial charge is 0.493 e. The van der Waals surface area contributed by atoms with Crippen LogP contribution in [-0.2, 0) is 0 Å². The summed E-state index contributed by atoms with van der Waals surface area (Å²) in [6, 6.07) is 6.28. The van der Waals surface area contributed by atoms with Crippen LogP contribution in [0.25, 0.3) is 0 Å². The van der Waals surface area contributed by atoms with Crippen LogP contribution < -0.4 is 4.74 Å². The third-order valence-electron chi connectivity index (χ3n) is 2.63. The van der Waals surface area contributed by atoms with Gasteiger partial charge < -0.3 is 4.74 Å². The molecule has 2 rings (SSSR count). The van der Waals surface area contributed by atoms with E-state index in [1.165, 1.54) is 12.0 Å². The van der Waals surface area contributed by atoms with E-state index in [1.807, 2.05) is 6.07 Å². The Kier molecular flexibility index (Phi) is 2.58. The van der Waals surface area contributed by atoms with E-state index in [4.69, 9.17) is 4.74 Å². The molecule has 0 aliphatic carbocycles. The predicted molar refractivity (Wildman–Crippen MR) is 57.3 cm³/mol. The van der Waals surface area contributed by atoms with Crippen LogP contribution in [-0.4, -0.2) is 6.61 Å². The van der Waals surface area contributed by atoms with Crippen LogP contribution >= 0.6 is 15.9 Å². The molecule has 0 bridgehead atoms. The van der Waals surface area contributed by atoms with E-state index in [9.17, 15) is 0 Å². The highest BCUT2D eigenvalue weighted by molar-refractivity contribution is 9.10. The Morgan fingerprint density at radius 2 is 2.38 bits per heavy atom. The van der Waals surface area contributed by atoms with Crippen molar-refractivity contribution in [2.75, 3.05) is 6.61 Å². The quantitative estimate of drug-likeness (QED) is 0.727. The van der Waals surface area contributed by atoms with Crippen molar-refractivity contribution in [3.05, 3.63) is 28.2 Å². The van der Waals surface area contributed by atoms with Crippen LogP contribution in [0.3, 0.4) is 0 Å². The van der Waals surface area contributed by atoms with Crippen LogP contribution in [0.4, 0.5) is 0 Å². The van der Waals surface area contributed by atoms with Gasteiger partial charge in [0, 0.05) is 4.47 Å². The summed E-state index contributed by atoms with van der Waals surface area (Å²) in [6.45, 7) is 3.10. The highest BCUT2D eigenvalue weighted by Crippen LogP contribution is 2.36. The molecule has 1 heterocycles. The molecule has 70 valence electrons. The number of benzene rings is 1. The van der Waals surface area contributed by atoms with Crippen molar-refractivity contribution in [3.8, 4) is 5.75 Å². The van der Waals surface area contributed by atoms with E-state index in [0.29, 0.717) is 5.92 Å². The summed E-state index contributed by atoms with van der Waals surface area (Å²) in [4.78, 5) is 0. The molecule has 0 fully saturated rings. The van der Waals surface area contributed by atoms with E-state index in [2.05, 4.69) is 35.0 Å². The molecule has 1 nitrogen and oxygen atoms in total. The maximum Gasteiger partial charge on any atom is 0.122 e. The molecule has 0 radical (unpaired) electrons. The van der Waals surface area contributed by atoms with Gasteiger partial charge in [-0.2, -0.15) is 0 Å². The molecule has 0 saturated carbocycles. The summed E-state index contributed by atoms with van der Waals surface area (Å²) in [5, 5.41) is 0. The molecule has 1 aromatic carbocycles. The number of rotatable bonds is 1. The van der Waals surface area contributed by atoms with Crippen molar-refractivity contribution in [3.63, 3.8) is 0 Å². The van der Waals surface area contributed by atoms with Crippen LogP contribution in [0, 0.1) is 0 Å². The van der Waals surface area contributed by atoms with Gasteiger partial charge in [-0.3, -0.25) is 0 Å². The van der Waals surface area contributed by atoms with Gasteiger partial charge in [-0.15, -0.1) is 0 Å². The predicted octanol–water partition coefficient (Wildman–Crippen LogP) is 3.73. The van der Waals surface area contributed by atoms with Crippen molar-refractivity contribution in [1.82, 2.24) is 0 Å². The second kappa shape index (κ2) is 3.70. The van der Waals surface area contributed by atoms with Gasteiger partial charge >= 0.3 is 0 Å². The molecular weight excluding hydrogens is 228 g/mol. The minimum atomic E-state index is 0.682. The van der Waals surface area contributed by atoms with E-state index < -0.39 is 0 Å². The molecule has 0 spiro atoms. The summed E-state index contributed by atoms with van der Waals surface area (Å²) >= 11 is 3.49. The number of ether oxygens (including phenoxy) is 1. The highest BCUT2D eigenvalue weighted by atomic mass is 79.9. The fourth-order valence-electron chi connectivity index (χ4n) is 1.86. The SMILES string of the molecule is CCC1CCOc2ccc(Br)cc21. The average molecular weight is 241 g/mol. The number of hydrogen-bond donors (Lipinski definition) is 0. The zero-order chi connectivity index (χ0) is 9.26. The number of hydrogen-bond acceptors (Lipinski definition) is 1. The highest BCUT2D eigenvalue weighted by Gasteiger charge is 2.19. The van der Waals surface area contributed by atoms with Gasteiger partial charge in [0.05, 0.1) is 6.61 Å². The Bertz CT molecular complexity index is 309. The van der Waals surface area contributed by atoms with Gasteiger partial charge in [-0.05, 0) is 42.5 Å². The fourth-order valence-corrected chi connectivity index (χ4v) is 2.24. The van der Waals surface area contributed by atoms with Crippen LogP contribution in [0.2, 0.25) is 0 Å². The normalized spacial score (nSPS) is 20.6. The summed E-state index contributed by atoms with van der Waals surface area (Å²) in [7, 11) is 0. The zero-order valence-electron chi connectivity index (χ0n) is 7.72. The van der Waals surface area contributed by atoms with Crippen molar-refractivity contribution in [2.24, 2.45) is 0 Å². The molecule has 1 aliphatic heterocycles. The number of fused-ring (bicyclic) bond motifs is 1. The standard InChI is InChI=1S/C11H13BrO/c1-2-8-5-6-13-11-4-3-9(12)7-10(8)11/h3-4,7-8H,2,5-6H2,1H3. The minimum Gasteiger partial charge on any atom is -0.493 e. The molecule has 1 aliphatic rings. The zero-order valence-corrected chi connectivity index (χ0v) is 9.30. The second-order valence-electron chi connectivity index (χ2n) is 3.42. The van der Waals surface area contributed by atoms with Crippen LogP contribution in [0.5, 0.6) is 5.75 Å². The first-order valence-corrected chi connectivity index (χ1v) is 5.53. The van der Waals surface area contributed by atoms with Crippen molar-refractivity contribution in [1.29, 1.82) is 0 Å². The maximum absolute atomic E-state index is 5.59. The van der Waals surface area contributed by atoms with Crippen LogP contribution in [0.1, 0.15) is 31.2 Å². The van der Waals surface area contributed by atoms with E-state index in [-0.39, 0.29) is 0 Å². The van der Waals surface area contributed by atoms with Gasteiger partial charge in [0.2, 0.25) is 0 Å². The Morgan fingerprint density at radius 1 is 1.54 bits per heavy atom. The lowest BCUT2D eigenvalue weighted by molar-refractivity contribution is 0.265. The third-order valence-corrected chi connectivity index (χ3v) is 3.12. The van der Waals surface area contributed by atoms with Crippen molar-refractivity contribution >= 4 is 15.9 Å². The Balaban J connectivity index is 2.41. The van der Waals surface area contributed by atoms with Crippen molar-refractivity contribution in [2.45, 2.75) is 25.7 Å². The summed E-state index contributed by atoms with van der Waals surface area (Å²) in [5.41, 5.74) is 1.36. The Labute approximate surface area is 87.2 Å². The van der Waals surface area contributed by atoms with E-state index in [0.717, 1.165) is 23.2 Å². The van der Waals surface area contributed by atoms with Gasteiger partial charge in [-0.1, -0.05) is 22.9 Å². The maximum atomic E-state index is 5.59. The first kappa shape index (κ1) is 9.07. The summed E-state index contributed by atoms with van der Waals surface area (Å²) in [6.07, 6.45) is 2.35. The topological polar surface area (TPSA) is 9.23 Å². The molecule has 0 aromatic heterocycles. The molecule has 1 unspecified atom stereocenters. The number of halogens is 1. The first-order valence-electron chi connectivity index (χ1n) is 4.73. The Morgan fingerprint density at radius 3 is 3.15 bits per heavy atom. The summed E-state index contributed by atoms with van der Waals surface area (Å²) < 4.78 is 6.74. The van der Waals surface area contributed by atoms with E-state index in [1.54, 1.807) is 0 Å². The third kappa shape index (κ3) is 1.73. The molecular formula is C11H13BrO. The van der Waals surface area contributed by atoms with Gasteiger partial charge in [0.1, 0.15) is 5.75 Å². The average Bonchev–Trinajstić information content (AvgIpc) is 2.17. The van der Waals surface area contributed by atoms with Gasteiger partial charge in [0.15, 0.2) is 0 Å². The lowest BCUT2D eigenvalue weighted by atomic mass is 9.91. The van der Waals surface area contributed by atoms with Gasteiger partial charge in [0.25, 0.3) is 0 Å². The molecule has 0 amide bonds. The minimum absolute atomic E-state index is 0.682. The first-order chi connectivity index (χ1) is 6.31.